The first kappa shape index (κ1) is 6.67. The molecule has 3 nitrogen and oxygen atoms in total. The Balaban J connectivity index is 2.70. The Kier molecular flexibility index (Phi) is 1.35. The summed E-state index contributed by atoms with van der Waals surface area (Å²) in [5.74, 6) is 0.718. The molecule has 0 bridgehead atoms. The molecule has 0 unspecified atom stereocenters. The van der Waals surface area contributed by atoms with Crippen molar-refractivity contribution < 1.29 is 0 Å². The second-order valence-electron chi connectivity index (χ2n) is 2.39. The third-order valence-electron chi connectivity index (χ3n) is 1.64. The van der Waals surface area contributed by atoms with Crippen LogP contribution in [-0.2, 0) is 6.42 Å². The van der Waals surface area contributed by atoms with Gasteiger partial charge in [-0.15, -0.1) is 11.3 Å². The minimum Gasteiger partial charge on any atom is -0.383 e. The topological polar surface area (TPSA) is 43.3 Å². The molecule has 0 radical (unpaired) electrons. The van der Waals surface area contributed by atoms with Gasteiger partial charge in [-0.3, -0.25) is 4.40 Å². The first-order chi connectivity index (χ1) is 5.31. The van der Waals surface area contributed by atoms with Crippen LogP contribution in [0.2, 0.25) is 0 Å². The second kappa shape index (κ2) is 2.23. The van der Waals surface area contributed by atoms with E-state index >= 15 is 0 Å². The SMILES string of the molecule is CCc1cn2c(N)cnc2s1. The molecule has 0 saturated carbocycles. The van der Waals surface area contributed by atoms with E-state index in [1.165, 1.54) is 4.88 Å². The Morgan fingerprint density at radius 1 is 1.73 bits per heavy atom. The molecular formula is C7H9N3S. The summed E-state index contributed by atoms with van der Waals surface area (Å²) in [7, 11) is 0. The van der Waals surface area contributed by atoms with Crippen molar-refractivity contribution >= 4 is 22.1 Å². The number of aryl methyl sites for hydroxylation is 1. The fraction of sp³-hybridized carbons (Fsp3) is 0.286. The molecule has 4 heteroatoms. The molecule has 0 saturated heterocycles. The van der Waals surface area contributed by atoms with E-state index in [2.05, 4.69) is 11.9 Å². The quantitative estimate of drug-likeness (QED) is 0.700. The summed E-state index contributed by atoms with van der Waals surface area (Å²) in [6.45, 7) is 2.13. The molecule has 0 amide bonds. The summed E-state index contributed by atoms with van der Waals surface area (Å²) >= 11 is 1.69. The van der Waals surface area contributed by atoms with Gasteiger partial charge in [-0.05, 0) is 6.42 Å². The third-order valence-corrected chi connectivity index (χ3v) is 2.78. The molecule has 58 valence electrons. The van der Waals surface area contributed by atoms with E-state index in [0.717, 1.165) is 17.2 Å². The summed E-state index contributed by atoms with van der Waals surface area (Å²) in [6.07, 6.45) is 4.78. The zero-order valence-corrected chi connectivity index (χ0v) is 7.06. The average molecular weight is 167 g/mol. The van der Waals surface area contributed by atoms with E-state index in [-0.39, 0.29) is 0 Å². The van der Waals surface area contributed by atoms with Gasteiger partial charge in [-0.1, -0.05) is 6.92 Å². The molecule has 2 N–H and O–H groups in total. The molecule has 0 aliphatic heterocycles. The molecule has 2 rings (SSSR count). The van der Waals surface area contributed by atoms with E-state index in [9.17, 15) is 0 Å². The number of rotatable bonds is 1. The lowest BCUT2D eigenvalue weighted by molar-refractivity contribution is 1.14. The number of fused-ring (bicyclic) bond motifs is 1. The van der Waals surface area contributed by atoms with Crippen LogP contribution >= 0.6 is 11.3 Å². The lowest BCUT2D eigenvalue weighted by Crippen LogP contribution is -1.87. The van der Waals surface area contributed by atoms with Crippen LogP contribution in [0.4, 0.5) is 5.82 Å². The zero-order valence-electron chi connectivity index (χ0n) is 6.24. The number of thiazole rings is 1. The molecule has 11 heavy (non-hydrogen) atoms. The summed E-state index contributed by atoms with van der Waals surface area (Å²) in [6, 6.07) is 0. The summed E-state index contributed by atoms with van der Waals surface area (Å²) in [5.41, 5.74) is 5.65. The summed E-state index contributed by atoms with van der Waals surface area (Å²) < 4.78 is 1.92. The van der Waals surface area contributed by atoms with E-state index in [4.69, 9.17) is 5.73 Å². The minimum atomic E-state index is 0.718. The van der Waals surface area contributed by atoms with Gasteiger partial charge in [0, 0.05) is 11.1 Å². The summed E-state index contributed by atoms with van der Waals surface area (Å²) in [4.78, 5) is 6.45. The molecule has 0 aliphatic rings. The molecule has 0 aromatic carbocycles. The number of aromatic nitrogens is 2. The Hall–Kier alpha value is -1.03. The van der Waals surface area contributed by atoms with Gasteiger partial charge in [0.25, 0.3) is 0 Å². The number of nitrogens with two attached hydrogens (primary N) is 1. The van der Waals surface area contributed by atoms with Gasteiger partial charge in [-0.25, -0.2) is 4.98 Å². The Morgan fingerprint density at radius 3 is 3.18 bits per heavy atom. The highest BCUT2D eigenvalue weighted by Crippen LogP contribution is 2.19. The average Bonchev–Trinajstić information content (AvgIpc) is 2.53. The molecular weight excluding hydrogens is 158 g/mol. The van der Waals surface area contributed by atoms with Crippen LogP contribution in [0.15, 0.2) is 12.4 Å². The van der Waals surface area contributed by atoms with Crippen molar-refractivity contribution in [2.45, 2.75) is 13.3 Å². The first-order valence-corrected chi connectivity index (χ1v) is 4.34. The van der Waals surface area contributed by atoms with Crippen molar-refractivity contribution in [1.29, 1.82) is 0 Å². The highest BCUT2D eigenvalue weighted by atomic mass is 32.1. The van der Waals surface area contributed by atoms with Crippen molar-refractivity contribution in [3.63, 3.8) is 0 Å². The molecule has 2 heterocycles. The van der Waals surface area contributed by atoms with E-state index in [0.29, 0.717) is 0 Å². The maximum absolute atomic E-state index is 5.65. The largest absolute Gasteiger partial charge is 0.383 e. The summed E-state index contributed by atoms with van der Waals surface area (Å²) in [5, 5.41) is 0. The van der Waals surface area contributed by atoms with Gasteiger partial charge >= 0.3 is 0 Å². The van der Waals surface area contributed by atoms with Crippen LogP contribution < -0.4 is 5.73 Å². The van der Waals surface area contributed by atoms with Crippen LogP contribution in [0.1, 0.15) is 11.8 Å². The minimum absolute atomic E-state index is 0.718. The highest BCUT2D eigenvalue weighted by Gasteiger charge is 2.02. The van der Waals surface area contributed by atoms with Gasteiger partial charge < -0.3 is 5.73 Å². The number of nitrogen functional groups attached to an aromatic ring is 1. The number of nitrogens with zero attached hydrogens (tertiary/aromatic N) is 2. The highest BCUT2D eigenvalue weighted by molar-refractivity contribution is 7.17. The normalized spacial score (nSPS) is 11.0. The number of imidazole rings is 1. The Labute approximate surface area is 68.5 Å². The van der Waals surface area contributed by atoms with Crippen molar-refractivity contribution in [3.8, 4) is 0 Å². The predicted molar refractivity (Wildman–Crippen MR) is 46.9 cm³/mol. The monoisotopic (exact) mass is 167 g/mol. The van der Waals surface area contributed by atoms with Gasteiger partial charge in [0.05, 0.1) is 6.20 Å². The van der Waals surface area contributed by atoms with Crippen LogP contribution in [0.3, 0.4) is 0 Å². The van der Waals surface area contributed by atoms with Crippen LogP contribution in [0.25, 0.3) is 4.96 Å². The molecule has 2 aromatic rings. The van der Waals surface area contributed by atoms with E-state index in [1.54, 1.807) is 17.5 Å². The lowest BCUT2D eigenvalue weighted by atomic mass is 10.4. The number of hydrogen-bond acceptors (Lipinski definition) is 3. The second-order valence-corrected chi connectivity index (χ2v) is 3.48. The Morgan fingerprint density at radius 2 is 2.55 bits per heavy atom. The zero-order chi connectivity index (χ0) is 7.84. The molecule has 0 spiro atoms. The van der Waals surface area contributed by atoms with Crippen molar-refractivity contribution in [2.75, 3.05) is 5.73 Å². The van der Waals surface area contributed by atoms with Gasteiger partial charge in [-0.2, -0.15) is 0 Å². The number of anilines is 1. The van der Waals surface area contributed by atoms with Gasteiger partial charge in [0.15, 0.2) is 4.96 Å². The van der Waals surface area contributed by atoms with Crippen LogP contribution in [0, 0.1) is 0 Å². The lowest BCUT2D eigenvalue weighted by Gasteiger charge is -1.85. The smallest absolute Gasteiger partial charge is 0.195 e. The van der Waals surface area contributed by atoms with E-state index in [1.807, 2.05) is 10.6 Å². The molecule has 0 aliphatic carbocycles. The van der Waals surface area contributed by atoms with Crippen LogP contribution in [-0.4, -0.2) is 9.38 Å². The first-order valence-electron chi connectivity index (χ1n) is 3.52. The fourth-order valence-corrected chi connectivity index (χ4v) is 1.91. The van der Waals surface area contributed by atoms with Crippen molar-refractivity contribution in [1.82, 2.24) is 9.38 Å². The Bertz CT molecular complexity index is 374. The molecule has 2 aromatic heterocycles. The van der Waals surface area contributed by atoms with Gasteiger partial charge in [0.1, 0.15) is 5.82 Å². The maximum atomic E-state index is 5.65. The van der Waals surface area contributed by atoms with Crippen molar-refractivity contribution in [3.05, 3.63) is 17.3 Å². The third kappa shape index (κ3) is 0.903. The van der Waals surface area contributed by atoms with Crippen LogP contribution in [0.5, 0.6) is 0 Å². The maximum Gasteiger partial charge on any atom is 0.195 e. The number of hydrogen-bond donors (Lipinski definition) is 1. The predicted octanol–water partition coefficient (Wildman–Crippen LogP) is 1.54. The standard InChI is InChI=1S/C7H9N3S/c1-2-5-4-10-6(8)3-9-7(10)11-5/h3-4H,2,8H2,1H3. The van der Waals surface area contributed by atoms with E-state index < -0.39 is 0 Å². The van der Waals surface area contributed by atoms with Gasteiger partial charge in [0.2, 0.25) is 0 Å². The molecule has 0 fully saturated rings. The fourth-order valence-electron chi connectivity index (χ4n) is 1.01. The van der Waals surface area contributed by atoms with Crippen molar-refractivity contribution in [2.24, 2.45) is 0 Å². The molecule has 0 atom stereocenters.